The van der Waals surface area contributed by atoms with E-state index in [-0.39, 0.29) is 36.0 Å². The van der Waals surface area contributed by atoms with Crippen molar-refractivity contribution in [2.24, 2.45) is 0 Å². The van der Waals surface area contributed by atoms with Gasteiger partial charge >= 0.3 is 0 Å². The van der Waals surface area contributed by atoms with Crippen molar-refractivity contribution < 1.29 is 13.9 Å². The predicted octanol–water partition coefficient (Wildman–Crippen LogP) is 1.54. The summed E-state index contributed by atoms with van der Waals surface area (Å²) in [5.41, 5.74) is 0.275. The van der Waals surface area contributed by atoms with Gasteiger partial charge in [-0.15, -0.1) is 5.10 Å². The molecule has 0 aliphatic carbocycles. The predicted molar refractivity (Wildman–Crippen MR) is 90.0 cm³/mol. The Bertz CT molecular complexity index is 715. The highest BCUT2D eigenvalue weighted by molar-refractivity contribution is 5.91. The largest absolute Gasteiger partial charge is 0.486 e. The van der Waals surface area contributed by atoms with Gasteiger partial charge in [0.15, 0.2) is 17.3 Å². The van der Waals surface area contributed by atoms with Gasteiger partial charge in [-0.1, -0.05) is 17.3 Å². The van der Waals surface area contributed by atoms with Crippen molar-refractivity contribution in [2.45, 2.75) is 31.9 Å². The highest BCUT2D eigenvalue weighted by Crippen LogP contribution is 2.18. The molecule has 25 heavy (non-hydrogen) atoms. The number of nitrogens with one attached hydrogen (secondary N) is 2. The summed E-state index contributed by atoms with van der Waals surface area (Å²) in [4.78, 5) is 12.2. The molecule has 2 N–H and O–H groups in total. The lowest BCUT2D eigenvalue weighted by molar-refractivity contribution is 0.0926. The van der Waals surface area contributed by atoms with Crippen LogP contribution in [0.5, 0.6) is 5.75 Å². The fraction of sp³-hybridized carbons (Fsp3) is 0.471. The molecule has 2 aromatic rings. The van der Waals surface area contributed by atoms with E-state index < -0.39 is 5.82 Å². The molecule has 2 heterocycles. The number of para-hydroxylation sites is 1. The van der Waals surface area contributed by atoms with Gasteiger partial charge in [-0.25, -0.2) is 9.07 Å². The summed E-state index contributed by atoms with van der Waals surface area (Å²) in [6.07, 6.45) is 3.24. The number of benzene rings is 1. The van der Waals surface area contributed by atoms with E-state index in [1.807, 2.05) is 0 Å². The van der Waals surface area contributed by atoms with E-state index in [2.05, 4.69) is 20.9 Å². The molecule has 1 amide bonds. The van der Waals surface area contributed by atoms with Crippen molar-refractivity contribution in [3.63, 3.8) is 0 Å². The first-order valence-corrected chi connectivity index (χ1v) is 8.45. The van der Waals surface area contributed by atoms with Crippen molar-refractivity contribution >= 4 is 5.91 Å². The Morgan fingerprint density at radius 2 is 2.20 bits per heavy atom. The van der Waals surface area contributed by atoms with Gasteiger partial charge in [-0.05, 0) is 45.0 Å². The third-order valence-corrected chi connectivity index (χ3v) is 4.14. The highest BCUT2D eigenvalue weighted by Gasteiger charge is 2.19. The third-order valence-electron chi connectivity index (χ3n) is 4.14. The minimum Gasteiger partial charge on any atom is -0.486 e. The first-order chi connectivity index (χ1) is 12.1. The Hall–Kier alpha value is -2.48. The summed E-state index contributed by atoms with van der Waals surface area (Å²) < 4.78 is 20.8. The maximum absolute atomic E-state index is 13.6. The SMILES string of the molecule is CC(CNC(=O)c1cn(C2CCNCC2)nn1)Oc1ccccc1F. The van der Waals surface area contributed by atoms with Gasteiger partial charge in [0.25, 0.3) is 5.91 Å². The number of ether oxygens (including phenoxy) is 1. The van der Waals surface area contributed by atoms with Crippen LogP contribution in [0.25, 0.3) is 0 Å². The van der Waals surface area contributed by atoms with Crippen LogP contribution in [0.15, 0.2) is 30.5 Å². The number of carbonyl (C=O) groups is 1. The van der Waals surface area contributed by atoms with Crippen LogP contribution in [0.3, 0.4) is 0 Å². The fourth-order valence-electron chi connectivity index (χ4n) is 2.76. The monoisotopic (exact) mass is 347 g/mol. The van der Waals surface area contributed by atoms with Crippen molar-refractivity contribution in [1.82, 2.24) is 25.6 Å². The Morgan fingerprint density at radius 1 is 1.44 bits per heavy atom. The molecule has 7 nitrogen and oxygen atoms in total. The quantitative estimate of drug-likeness (QED) is 0.828. The number of hydrogen-bond donors (Lipinski definition) is 2. The van der Waals surface area contributed by atoms with Gasteiger partial charge in [0.2, 0.25) is 0 Å². The minimum absolute atomic E-state index is 0.168. The maximum Gasteiger partial charge on any atom is 0.273 e. The number of piperidine rings is 1. The van der Waals surface area contributed by atoms with Gasteiger partial charge in [0.05, 0.1) is 18.8 Å². The number of hydrogen-bond acceptors (Lipinski definition) is 5. The second-order valence-electron chi connectivity index (χ2n) is 6.13. The third kappa shape index (κ3) is 4.54. The van der Waals surface area contributed by atoms with Crippen LogP contribution in [-0.2, 0) is 0 Å². The first kappa shape index (κ1) is 17.3. The lowest BCUT2D eigenvalue weighted by Gasteiger charge is -2.22. The normalized spacial score (nSPS) is 16.4. The standard InChI is InChI=1S/C17H22FN5O2/c1-12(25-16-5-3-2-4-14(16)18)10-20-17(24)15-11-23(22-21-15)13-6-8-19-9-7-13/h2-5,11-13,19H,6-10H2,1H3,(H,20,24). The average Bonchev–Trinajstić information content (AvgIpc) is 3.13. The zero-order chi connectivity index (χ0) is 17.6. The number of nitrogens with zero attached hydrogens (tertiary/aromatic N) is 3. The van der Waals surface area contributed by atoms with E-state index in [1.165, 1.54) is 6.07 Å². The molecule has 0 saturated carbocycles. The molecular weight excluding hydrogens is 325 g/mol. The average molecular weight is 347 g/mol. The van der Waals surface area contributed by atoms with Crippen molar-refractivity contribution in [1.29, 1.82) is 0 Å². The smallest absolute Gasteiger partial charge is 0.273 e. The summed E-state index contributed by atoms with van der Waals surface area (Å²) in [5.74, 6) is -0.573. The van der Waals surface area contributed by atoms with E-state index in [0.717, 1.165) is 25.9 Å². The molecule has 1 aromatic carbocycles. The summed E-state index contributed by atoms with van der Waals surface area (Å²) in [7, 11) is 0. The highest BCUT2D eigenvalue weighted by atomic mass is 19.1. The van der Waals surface area contributed by atoms with E-state index in [4.69, 9.17) is 4.74 Å². The Morgan fingerprint density at radius 3 is 2.96 bits per heavy atom. The second-order valence-corrected chi connectivity index (χ2v) is 6.13. The fourth-order valence-corrected chi connectivity index (χ4v) is 2.76. The summed E-state index contributed by atoms with van der Waals surface area (Å²) in [6.45, 7) is 3.89. The first-order valence-electron chi connectivity index (χ1n) is 8.45. The number of halogens is 1. The molecule has 0 spiro atoms. The molecule has 8 heteroatoms. The van der Waals surface area contributed by atoms with Crippen LogP contribution >= 0.6 is 0 Å². The summed E-state index contributed by atoms with van der Waals surface area (Å²) in [6, 6.07) is 6.46. The van der Waals surface area contributed by atoms with Gasteiger partial charge < -0.3 is 15.4 Å². The number of carbonyl (C=O) groups excluding carboxylic acids is 1. The van der Waals surface area contributed by atoms with Gasteiger partial charge in [0.1, 0.15) is 6.10 Å². The molecule has 3 rings (SSSR count). The van der Waals surface area contributed by atoms with Crippen molar-refractivity contribution in [3.8, 4) is 5.75 Å². The Balaban J connectivity index is 1.50. The zero-order valence-electron chi connectivity index (χ0n) is 14.1. The molecule has 1 unspecified atom stereocenters. The molecular formula is C17H22FN5O2. The van der Waals surface area contributed by atoms with Gasteiger partial charge in [-0.3, -0.25) is 4.79 Å². The van der Waals surface area contributed by atoms with Crippen LogP contribution in [-0.4, -0.2) is 46.6 Å². The Kier molecular flexibility index (Phi) is 5.60. The van der Waals surface area contributed by atoms with Crippen molar-refractivity contribution in [3.05, 3.63) is 42.0 Å². The second kappa shape index (κ2) is 8.06. The lowest BCUT2D eigenvalue weighted by atomic mass is 10.1. The van der Waals surface area contributed by atoms with Gasteiger partial charge in [-0.2, -0.15) is 0 Å². The van der Waals surface area contributed by atoms with E-state index in [1.54, 1.807) is 36.0 Å². The lowest BCUT2D eigenvalue weighted by Crippen LogP contribution is -2.34. The number of amides is 1. The summed E-state index contributed by atoms with van der Waals surface area (Å²) >= 11 is 0. The molecule has 1 aromatic heterocycles. The van der Waals surface area contributed by atoms with Crippen LogP contribution in [0.4, 0.5) is 4.39 Å². The topological polar surface area (TPSA) is 81.1 Å². The molecule has 134 valence electrons. The Labute approximate surface area is 145 Å². The van der Waals surface area contributed by atoms with Crippen LogP contribution in [0, 0.1) is 5.82 Å². The van der Waals surface area contributed by atoms with Crippen LogP contribution < -0.4 is 15.4 Å². The zero-order valence-corrected chi connectivity index (χ0v) is 14.1. The minimum atomic E-state index is -0.425. The molecule has 0 bridgehead atoms. The molecule has 0 radical (unpaired) electrons. The van der Waals surface area contributed by atoms with E-state index >= 15 is 0 Å². The molecule has 1 saturated heterocycles. The van der Waals surface area contributed by atoms with Crippen LogP contribution in [0.2, 0.25) is 0 Å². The van der Waals surface area contributed by atoms with Crippen molar-refractivity contribution in [2.75, 3.05) is 19.6 Å². The van der Waals surface area contributed by atoms with Gasteiger partial charge in [0, 0.05) is 0 Å². The molecule has 1 atom stereocenters. The molecule has 1 aliphatic heterocycles. The molecule has 1 aliphatic rings. The maximum atomic E-state index is 13.6. The summed E-state index contributed by atoms with van der Waals surface area (Å²) in [5, 5.41) is 14.0. The molecule has 1 fully saturated rings. The number of rotatable bonds is 6. The van der Waals surface area contributed by atoms with Crippen LogP contribution in [0.1, 0.15) is 36.3 Å². The van der Waals surface area contributed by atoms with E-state index in [9.17, 15) is 9.18 Å². The number of aromatic nitrogens is 3. The van der Waals surface area contributed by atoms with E-state index in [0.29, 0.717) is 0 Å².